The van der Waals surface area contributed by atoms with Crippen molar-refractivity contribution in [3.8, 4) is 17.6 Å². The summed E-state index contributed by atoms with van der Waals surface area (Å²) in [6.07, 6.45) is 2.42. The molecule has 1 heterocycles. The number of hydrogen-bond donors (Lipinski definition) is 1. The number of Topliss-reactive ketones (excluding diaryl/α,β-unsaturated/α-hetero) is 2. The van der Waals surface area contributed by atoms with Crippen molar-refractivity contribution >= 4 is 11.6 Å². The lowest BCUT2D eigenvalue weighted by Crippen LogP contribution is -2.42. The summed E-state index contributed by atoms with van der Waals surface area (Å²) in [7, 11) is 1.54. The van der Waals surface area contributed by atoms with Gasteiger partial charge in [0.2, 0.25) is 0 Å². The predicted octanol–water partition coefficient (Wildman–Crippen LogP) is 4.57. The van der Waals surface area contributed by atoms with Gasteiger partial charge in [-0.2, -0.15) is 5.26 Å². The molecule has 0 atom stereocenters. The van der Waals surface area contributed by atoms with Crippen molar-refractivity contribution in [3.05, 3.63) is 46.3 Å². The second-order valence-electron chi connectivity index (χ2n) is 10.6. The van der Waals surface area contributed by atoms with E-state index in [9.17, 15) is 9.59 Å². The molecule has 0 saturated carbocycles. The van der Waals surface area contributed by atoms with Gasteiger partial charge in [-0.1, -0.05) is 33.8 Å². The Bertz CT molecular complexity index is 1050. The fourth-order valence-corrected chi connectivity index (χ4v) is 5.32. The Kier molecular flexibility index (Phi) is 5.40. The topological polar surface area (TPSA) is 88.4 Å². The Hall–Kier alpha value is -3.07. The molecule has 6 nitrogen and oxygen atoms in total. The first kappa shape index (κ1) is 22.1. The minimum absolute atomic E-state index is 0.0849. The summed E-state index contributed by atoms with van der Waals surface area (Å²) in [4.78, 5) is 26.8. The molecule has 0 unspecified atom stereocenters. The maximum absolute atomic E-state index is 13.4. The van der Waals surface area contributed by atoms with Gasteiger partial charge in [-0.25, -0.2) is 0 Å². The largest absolute Gasteiger partial charge is 0.493 e. The summed E-state index contributed by atoms with van der Waals surface area (Å²) in [5, 5.41) is 12.4. The van der Waals surface area contributed by atoms with Gasteiger partial charge in [0, 0.05) is 41.3 Å². The van der Waals surface area contributed by atoms with E-state index in [-0.39, 0.29) is 29.0 Å². The maximum Gasteiger partial charge on any atom is 0.174 e. The number of nitrogens with one attached hydrogen (secondary N) is 1. The normalized spacial score (nSPS) is 22.0. The highest BCUT2D eigenvalue weighted by Crippen LogP contribution is 2.51. The summed E-state index contributed by atoms with van der Waals surface area (Å²) in [5.74, 6) is 0.686. The lowest BCUT2D eigenvalue weighted by Gasteiger charge is -2.44. The Labute approximate surface area is 189 Å². The molecule has 0 spiro atoms. The molecule has 1 aromatic carbocycles. The Morgan fingerprint density at radius 1 is 0.969 bits per heavy atom. The van der Waals surface area contributed by atoms with Crippen LogP contribution in [0.3, 0.4) is 0 Å². The van der Waals surface area contributed by atoms with E-state index < -0.39 is 5.92 Å². The summed E-state index contributed by atoms with van der Waals surface area (Å²) >= 11 is 0. The quantitative estimate of drug-likeness (QED) is 0.747. The van der Waals surface area contributed by atoms with Crippen LogP contribution in [0.2, 0.25) is 0 Å². The minimum Gasteiger partial charge on any atom is -0.493 e. The highest BCUT2D eigenvalue weighted by atomic mass is 16.5. The SMILES string of the molecule is COc1cc(C2C3=C(CC(C)(C)CC3=O)NC3=C2C(=O)CC(C)(C)C3)ccc1OCC#N. The number of ether oxygens (including phenoxy) is 2. The number of rotatable bonds is 4. The lowest BCUT2D eigenvalue weighted by atomic mass is 9.64. The van der Waals surface area contributed by atoms with Crippen molar-refractivity contribution in [2.45, 2.75) is 59.3 Å². The van der Waals surface area contributed by atoms with Gasteiger partial charge in [-0.3, -0.25) is 9.59 Å². The smallest absolute Gasteiger partial charge is 0.174 e. The fourth-order valence-electron chi connectivity index (χ4n) is 5.32. The van der Waals surface area contributed by atoms with Gasteiger partial charge in [-0.05, 0) is 41.4 Å². The van der Waals surface area contributed by atoms with E-state index in [1.54, 1.807) is 13.2 Å². The van der Waals surface area contributed by atoms with Gasteiger partial charge in [0.15, 0.2) is 29.7 Å². The van der Waals surface area contributed by atoms with Crippen molar-refractivity contribution in [2.24, 2.45) is 10.8 Å². The first-order valence-electron chi connectivity index (χ1n) is 11.0. The third-order valence-corrected chi connectivity index (χ3v) is 6.53. The first-order chi connectivity index (χ1) is 15.0. The molecule has 4 rings (SSSR count). The molecule has 0 aromatic heterocycles. The average molecular weight is 435 g/mol. The second-order valence-corrected chi connectivity index (χ2v) is 10.6. The summed E-state index contributed by atoms with van der Waals surface area (Å²) < 4.78 is 11.0. The molecule has 0 fully saturated rings. The average Bonchev–Trinajstić information content (AvgIpc) is 2.68. The fraction of sp³-hybridized carbons (Fsp3) is 0.500. The molecule has 2 aliphatic carbocycles. The van der Waals surface area contributed by atoms with Crippen LogP contribution in [-0.2, 0) is 9.59 Å². The maximum atomic E-state index is 13.4. The molecule has 6 heteroatoms. The molecule has 0 saturated heterocycles. The van der Waals surface area contributed by atoms with Crippen molar-refractivity contribution in [2.75, 3.05) is 13.7 Å². The van der Waals surface area contributed by atoms with Crippen molar-refractivity contribution in [3.63, 3.8) is 0 Å². The molecule has 1 aliphatic heterocycles. The van der Waals surface area contributed by atoms with Crippen LogP contribution in [0.25, 0.3) is 0 Å². The molecule has 1 aromatic rings. The highest BCUT2D eigenvalue weighted by molar-refractivity contribution is 6.06. The van der Waals surface area contributed by atoms with Gasteiger partial charge in [0.1, 0.15) is 6.07 Å². The van der Waals surface area contributed by atoms with Crippen LogP contribution in [0.5, 0.6) is 11.5 Å². The van der Waals surface area contributed by atoms with Crippen LogP contribution >= 0.6 is 0 Å². The van der Waals surface area contributed by atoms with Crippen molar-refractivity contribution in [1.29, 1.82) is 5.26 Å². The number of carbonyl (C=O) groups is 2. The monoisotopic (exact) mass is 434 g/mol. The van der Waals surface area contributed by atoms with E-state index in [0.717, 1.165) is 29.8 Å². The van der Waals surface area contributed by atoms with E-state index in [0.29, 0.717) is 35.5 Å². The first-order valence-corrected chi connectivity index (χ1v) is 11.0. The van der Waals surface area contributed by atoms with E-state index in [1.807, 2.05) is 18.2 Å². The number of dihydropyridines is 1. The van der Waals surface area contributed by atoms with Crippen LogP contribution < -0.4 is 14.8 Å². The predicted molar refractivity (Wildman–Crippen MR) is 120 cm³/mol. The number of allylic oxidation sites excluding steroid dienone is 4. The summed E-state index contributed by atoms with van der Waals surface area (Å²) in [5.41, 5.74) is 3.83. The number of nitriles is 1. The van der Waals surface area contributed by atoms with Crippen LogP contribution in [0, 0.1) is 22.2 Å². The number of nitrogens with zero attached hydrogens (tertiary/aromatic N) is 1. The van der Waals surface area contributed by atoms with Crippen LogP contribution in [-0.4, -0.2) is 25.3 Å². The zero-order valence-electron chi connectivity index (χ0n) is 19.4. The Morgan fingerprint density at radius 3 is 2.03 bits per heavy atom. The van der Waals surface area contributed by atoms with Gasteiger partial charge >= 0.3 is 0 Å². The minimum atomic E-state index is -0.424. The lowest BCUT2D eigenvalue weighted by molar-refractivity contribution is -0.119. The molecular weight excluding hydrogens is 404 g/mol. The van der Waals surface area contributed by atoms with Gasteiger partial charge < -0.3 is 14.8 Å². The third kappa shape index (κ3) is 3.92. The molecule has 3 aliphatic rings. The number of methoxy groups -OCH3 is 1. The molecule has 1 N–H and O–H groups in total. The van der Waals surface area contributed by atoms with Crippen molar-refractivity contribution < 1.29 is 19.1 Å². The molecule has 0 radical (unpaired) electrons. The number of benzene rings is 1. The molecule has 0 amide bonds. The molecule has 0 bridgehead atoms. The van der Waals surface area contributed by atoms with E-state index >= 15 is 0 Å². The Balaban J connectivity index is 1.88. The molecular formula is C26H30N2O4. The number of carbonyl (C=O) groups excluding carboxylic acids is 2. The zero-order valence-corrected chi connectivity index (χ0v) is 19.4. The van der Waals surface area contributed by atoms with Crippen LogP contribution in [0.4, 0.5) is 0 Å². The summed E-state index contributed by atoms with van der Waals surface area (Å²) in [6.45, 7) is 8.34. The molecule has 32 heavy (non-hydrogen) atoms. The van der Waals surface area contributed by atoms with Crippen molar-refractivity contribution in [1.82, 2.24) is 5.32 Å². The van der Waals surface area contributed by atoms with Crippen LogP contribution in [0.1, 0.15) is 64.9 Å². The van der Waals surface area contributed by atoms with E-state index in [2.05, 4.69) is 33.0 Å². The zero-order chi connectivity index (χ0) is 23.3. The van der Waals surface area contributed by atoms with Gasteiger partial charge in [0.25, 0.3) is 0 Å². The summed E-state index contributed by atoms with van der Waals surface area (Å²) in [6, 6.07) is 7.42. The molecule has 168 valence electrons. The Morgan fingerprint density at radius 2 is 1.53 bits per heavy atom. The highest BCUT2D eigenvalue weighted by Gasteiger charge is 2.46. The van der Waals surface area contributed by atoms with E-state index in [4.69, 9.17) is 14.7 Å². The van der Waals surface area contributed by atoms with Gasteiger partial charge in [0.05, 0.1) is 7.11 Å². The standard InChI is InChI=1S/C26H30N2O4/c1-25(2)11-16-23(18(29)13-25)22(24-17(28-16)12-26(3,4)14-19(24)30)15-6-7-20(32-9-8-27)21(10-15)31-5/h6-7,10,22,28H,9,11-14H2,1-5H3. The number of hydrogen-bond acceptors (Lipinski definition) is 6. The second kappa shape index (κ2) is 7.81. The third-order valence-electron chi connectivity index (χ3n) is 6.53. The van der Waals surface area contributed by atoms with Crippen LogP contribution in [0.15, 0.2) is 40.7 Å². The number of ketones is 2. The van der Waals surface area contributed by atoms with Gasteiger partial charge in [-0.15, -0.1) is 0 Å². The van der Waals surface area contributed by atoms with E-state index in [1.165, 1.54) is 0 Å².